The van der Waals surface area contributed by atoms with Gasteiger partial charge in [-0.15, -0.1) is 0 Å². The number of carbonyl (C=O) groups excluding carboxylic acids is 1. The Morgan fingerprint density at radius 1 is 1.11 bits per heavy atom. The van der Waals surface area contributed by atoms with Gasteiger partial charge in [0.1, 0.15) is 0 Å². The van der Waals surface area contributed by atoms with Crippen LogP contribution in [-0.2, 0) is 16.3 Å². The second-order valence-electron chi connectivity index (χ2n) is 6.93. The molecule has 8 heteroatoms. The molecule has 2 N–H and O–H groups in total. The molecule has 4 rings (SSSR count). The first-order valence-corrected chi connectivity index (χ1v) is 11.8. The van der Waals surface area contributed by atoms with Crippen molar-refractivity contribution in [3.05, 3.63) is 65.7 Å². The molecule has 0 unspecified atom stereocenters. The predicted molar refractivity (Wildman–Crippen MR) is 114 cm³/mol. The van der Waals surface area contributed by atoms with Crippen LogP contribution in [0.5, 0.6) is 0 Å². The lowest BCUT2D eigenvalue weighted by atomic mass is 10.1. The molecule has 2 aliphatic rings. The van der Waals surface area contributed by atoms with E-state index in [1.807, 2.05) is 42.5 Å². The van der Waals surface area contributed by atoms with Crippen LogP contribution < -0.4 is 10.6 Å². The molecule has 6 nitrogen and oxygen atoms in total. The summed E-state index contributed by atoms with van der Waals surface area (Å²) in [6.45, 7) is 0.570. The number of sulfone groups is 1. The van der Waals surface area contributed by atoms with Gasteiger partial charge in [-0.3, -0.25) is 9.79 Å². The molecule has 2 heterocycles. The van der Waals surface area contributed by atoms with Crippen molar-refractivity contribution in [1.82, 2.24) is 5.32 Å². The van der Waals surface area contributed by atoms with Crippen LogP contribution in [0.4, 0.5) is 5.69 Å². The van der Waals surface area contributed by atoms with Crippen molar-refractivity contribution >= 4 is 38.4 Å². The largest absolute Gasteiger partial charge is 0.352 e. The maximum atomic E-state index is 12.4. The second kappa shape index (κ2) is 7.97. The Labute approximate surface area is 168 Å². The van der Waals surface area contributed by atoms with Gasteiger partial charge in [-0.1, -0.05) is 48.2 Å². The third kappa shape index (κ3) is 4.56. The molecule has 0 aliphatic carbocycles. The normalized spacial score (nSPS) is 22.4. The highest BCUT2D eigenvalue weighted by Crippen LogP contribution is 2.34. The van der Waals surface area contributed by atoms with Gasteiger partial charge in [0, 0.05) is 23.0 Å². The molecule has 1 saturated heterocycles. The fourth-order valence-electron chi connectivity index (χ4n) is 3.34. The first-order chi connectivity index (χ1) is 13.5. The van der Waals surface area contributed by atoms with Crippen molar-refractivity contribution in [2.45, 2.75) is 17.7 Å². The van der Waals surface area contributed by atoms with E-state index in [0.29, 0.717) is 17.3 Å². The number of rotatable bonds is 5. The number of fused-ring (bicyclic) bond motifs is 1. The van der Waals surface area contributed by atoms with Crippen LogP contribution >= 0.6 is 11.8 Å². The van der Waals surface area contributed by atoms with E-state index in [2.05, 4.69) is 15.6 Å². The Balaban J connectivity index is 1.34. The number of anilines is 1. The lowest BCUT2D eigenvalue weighted by molar-refractivity contribution is 0.0954. The summed E-state index contributed by atoms with van der Waals surface area (Å²) in [5.41, 5.74) is 2.52. The maximum absolute atomic E-state index is 12.4. The van der Waals surface area contributed by atoms with Gasteiger partial charge in [0.05, 0.1) is 17.5 Å². The monoisotopic (exact) mass is 415 g/mol. The molecule has 2 aromatic carbocycles. The molecule has 2 atom stereocenters. The van der Waals surface area contributed by atoms with Gasteiger partial charge in [-0.2, -0.15) is 0 Å². The molecule has 1 amide bonds. The van der Waals surface area contributed by atoms with Gasteiger partial charge in [-0.25, -0.2) is 8.42 Å². The first-order valence-electron chi connectivity index (χ1n) is 9.13. The van der Waals surface area contributed by atoms with E-state index in [1.165, 1.54) is 17.3 Å². The van der Waals surface area contributed by atoms with Crippen LogP contribution in [0, 0.1) is 0 Å². The van der Waals surface area contributed by atoms with Crippen LogP contribution in [0.3, 0.4) is 0 Å². The molecule has 28 heavy (non-hydrogen) atoms. The highest BCUT2D eigenvalue weighted by molar-refractivity contribution is 8.15. The van der Waals surface area contributed by atoms with Crippen LogP contribution in [0.1, 0.15) is 15.9 Å². The van der Waals surface area contributed by atoms with E-state index >= 15 is 0 Å². The maximum Gasteiger partial charge on any atom is 0.251 e. The van der Waals surface area contributed by atoms with Crippen molar-refractivity contribution in [2.75, 3.05) is 23.4 Å². The van der Waals surface area contributed by atoms with Crippen LogP contribution in [0.15, 0.2) is 59.6 Å². The summed E-state index contributed by atoms with van der Waals surface area (Å²) in [6.07, 6.45) is 0.781. The molecule has 0 bridgehead atoms. The van der Waals surface area contributed by atoms with Crippen LogP contribution in [-0.4, -0.2) is 48.8 Å². The average Bonchev–Trinajstić information content (AvgIpc) is 3.15. The minimum Gasteiger partial charge on any atom is -0.352 e. The van der Waals surface area contributed by atoms with E-state index in [9.17, 15) is 13.2 Å². The van der Waals surface area contributed by atoms with Gasteiger partial charge < -0.3 is 10.6 Å². The Morgan fingerprint density at radius 3 is 2.71 bits per heavy atom. The standard InChI is InChI=1S/C20H21N3O3S2/c24-19(21-10-9-14-5-2-1-3-6-14)15-7-4-8-16(11-15)22-20-23-17-12-28(25,26)13-18(17)27-20/h1-8,11,17-18H,9-10,12-13H2,(H,21,24)(H,22,23)/t17-,18-/m1/s1. The summed E-state index contributed by atoms with van der Waals surface area (Å²) in [5, 5.41) is 6.86. The minimum atomic E-state index is -2.96. The summed E-state index contributed by atoms with van der Waals surface area (Å²) in [7, 11) is -2.96. The molecule has 2 aliphatic heterocycles. The Bertz CT molecular complexity index is 1010. The van der Waals surface area contributed by atoms with Crippen LogP contribution in [0.2, 0.25) is 0 Å². The fourth-order valence-corrected chi connectivity index (χ4v) is 7.02. The predicted octanol–water partition coefficient (Wildman–Crippen LogP) is 2.34. The molecule has 1 fully saturated rings. The lowest BCUT2D eigenvalue weighted by Crippen LogP contribution is -2.25. The molecule has 0 spiro atoms. The van der Waals surface area contributed by atoms with Gasteiger partial charge in [-0.05, 0) is 30.2 Å². The average molecular weight is 416 g/mol. The number of hydrogen-bond acceptors (Lipinski definition) is 6. The van der Waals surface area contributed by atoms with E-state index in [4.69, 9.17) is 0 Å². The van der Waals surface area contributed by atoms with Gasteiger partial charge >= 0.3 is 0 Å². The molecule has 0 radical (unpaired) electrons. The lowest BCUT2D eigenvalue weighted by Gasteiger charge is -2.09. The number of nitrogens with zero attached hydrogens (tertiary/aromatic N) is 1. The first kappa shape index (κ1) is 19.0. The van der Waals surface area contributed by atoms with Crippen molar-refractivity contribution < 1.29 is 13.2 Å². The Kier molecular flexibility index (Phi) is 5.41. The third-order valence-electron chi connectivity index (χ3n) is 4.74. The van der Waals surface area contributed by atoms with Gasteiger partial charge in [0.15, 0.2) is 15.0 Å². The Hall–Kier alpha value is -2.32. The zero-order valence-electron chi connectivity index (χ0n) is 15.2. The molecular weight excluding hydrogens is 394 g/mol. The quantitative estimate of drug-likeness (QED) is 0.783. The van der Waals surface area contributed by atoms with Crippen LogP contribution in [0.25, 0.3) is 0 Å². The van der Waals surface area contributed by atoms with Crippen molar-refractivity contribution in [2.24, 2.45) is 4.99 Å². The third-order valence-corrected chi connectivity index (χ3v) is 7.88. The number of nitrogens with one attached hydrogen (secondary N) is 2. The number of carbonyl (C=O) groups is 1. The zero-order chi connectivity index (χ0) is 19.6. The number of amides is 1. The topological polar surface area (TPSA) is 87.6 Å². The van der Waals surface area contributed by atoms with Crippen molar-refractivity contribution in [1.29, 1.82) is 0 Å². The SMILES string of the molecule is O=C(NCCc1ccccc1)c1cccc(NC2=N[C@@H]3CS(=O)(=O)C[C@H]3S2)c1. The highest BCUT2D eigenvalue weighted by Gasteiger charge is 2.42. The smallest absolute Gasteiger partial charge is 0.251 e. The van der Waals surface area contributed by atoms with Crippen molar-refractivity contribution in [3.8, 4) is 0 Å². The van der Waals surface area contributed by atoms with E-state index in [-0.39, 0.29) is 28.7 Å². The summed E-state index contributed by atoms with van der Waals surface area (Å²) in [5.74, 6) is 0.184. The van der Waals surface area contributed by atoms with Crippen molar-refractivity contribution in [3.63, 3.8) is 0 Å². The van der Waals surface area contributed by atoms with E-state index in [0.717, 1.165) is 12.1 Å². The number of amidine groups is 1. The van der Waals surface area contributed by atoms with E-state index in [1.54, 1.807) is 12.1 Å². The number of benzene rings is 2. The Morgan fingerprint density at radius 2 is 1.93 bits per heavy atom. The number of thioether (sulfide) groups is 1. The summed E-state index contributed by atoms with van der Waals surface area (Å²) in [6, 6.07) is 17.1. The van der Waals surface area contributed by atoms with E-state index < -0.39 is 9.84 Å². The van der Waals surface area contributed by atoms with Gasteiger partial charge in [0.25, 0.3) is 5.91 Å². The summed E-state index contributed by atoms with van der Waals surface area (Å²) < 4.78 is 23.3. The van der Waals surface area contributed by atoms with Gasteiger partial charge in [0.2, 0.25) is 0 Å². The molecule has 0 saturated carbocycles. The fraction of sp³-hybridized carbons (Fsp3) is 0.300. The molecule has 146 valence electrons. The second-order valence-corrected chi connectivity index (χ2v) is 10.3. The number of aliphatic imine (C=N–C) groups is 1. The molecule has 2 aromatic rings. The summed E-state index contributed by atoms with van der Waals surface area (Å²) in [4.78, 5) is 16.9. The summed E-state index contributed by atoms with van der Waals surface area (Å²) >= 11 is 1.46. The number of hydrogen-bond donors (Lipinski definition) is 2. The molecular formula is C20H21N3O3S2. The zero-order valence-corrected chi connectivity index (χ0v) is 16.8. The minimum absolute atomic E-state index is 0.00281. The molecule has 0 aromatic heterocycles. The highest BCUT2D eigenvalue weighted by atomic mass is 32.2.